The van der Waals surface area contributed by atoms with Gasteiger partial charge in [0.2, 0.25) is 5.91 Å². The molecule has 0 aromatic heterocycles. The average molecular weight is 680 g/mol. The minimum atomic E-state index is -1.15. The molecule has 0 aliphatic carbocycles. The molecular weight excluding hydrogens is 594 g/mol. The van der Waals surface area contributed by atoms with E-state index in [0.29, 0.717) is 12.8 Å². The lowest BCUT2D eigenvalue weighted by Gasteiger charge is -2.26. The summed E-state index contributed by atoms with van der Waals surface area (Å²) < 4.78 is 0. The molecule has 5 nitrogen and oxygen atoms in total. The van der Waals surface area contributed by atoms with Crippen LogP contribution in [0.5, 0.6) is 0 Å². The number of aliphatic hydroxyl groups excluding tert-OH is 3. The van der Waals surface area contributed by atoms with Crippen LogP contribution in [0.3, 0.4) is 0 Å². The van der Waals surface area contributed by atoms with Crippen LogP contribution in [0.15, 0.2) is 12.2 Å². The summed E-state index contributed by atoms with van der Waals surface area (Å²) in [6.07, 6.45) is 44.6. The molecule has 0 saturated heterocycles. The van der Waals surface area contributed by atoms with Gasteiger partial charge in [-0.05, 0) is 38.5 Å². The Labute approximate surface area is 299 Å². The molecule has 5 heteroatoms. The maximum absolute atomic E-state index is 12.4. The van der Waals surface area contributed by atoms with Gasteiger partial charge in [-0.1, -0.05) is 199 Å². The summed E-state index contributed by atoms with van der Waals surface area (Å²) in [6, 6.07) is -0.820. The molecule has 0 saturated carbocycles. The first-order valence-electron chi connectivity index (χ1n) is 21.5. The smallest absolute Gasteiger partial charge is 0.220 e. The number of amides is 1. The summed E-state index contributed by atoms with van der Waals surface area (Å²) in [5, 5.41) is 33.5. The molecule has 0 aromatic carbocycles. The van der Waals surface area contributed by atoms with E-state index < -0.39 is 18.2 Å². The largest absolute Gasteiger partial charge is 0.394 e. The zero-order chi connectivity index (χ0) is 35.2. The fourth-order valence-corrected chi connectivity index (χ4v) is 6.75. The Kier molecular flexibility index (Phi) is 38.1. The number of carbonyl (C=O) groups is 1. The van der Waals surface area contributed by atoms with Crippen molar-refractivity contribution in [3.63, 3.8) is 0 Å². The number of hydrogen-bond acceptors (Lipinski definition) is 4. The number of hydrogen-bond donors (Lipinski definition) is 4. The topological polar surface area (TPSA) is 89.8 Å². The summed E-state index contributed by atoms with van der Waals surface area (Å²) >= 11 is 0. The summed E-state index contributed by atoms with van der Waals surface area (Å²) in [5.41, 5.74) is 0. The van der Waals surface area contributed by atoms with Gasteiger partial charge in [0.25, 0.3) is 0 Å². The van der Waals surface area contributed by atoms with Crippen LogP contribution in [-0.2, 0) is 4.79 Å². The SMILES string of the molecule is CCCCCCCCCCCCC/C=C/CCCC(O)C(O)C(CO)NC(=O)CCCCCCCCCCCCCCCCCCCC. The van der Waals surface area contributed by atoms with Crippen molar-refractivity contribution in [2.75, 3.05) is 6.61 Å². The molecule has 0 spiro atoms. The third kappa shape index (κ3) is 33.6. The highest BCUT2D eigenvalue weighted by Gasteiger charge is 2.26. The van der Waals surface area contributed by atoms with E-state index in [1.54, 1.807) is 0 Å². The quantitative estimate of drug-likeness (QED) is 0.0384. The van der Waals surface area contributed by atoms with Crippen molar-refractivity contribution in [1.82, 2.24) is 5.32 Å². The molecule has 0 aromatic rings. The summed E-state index contributed by atoms with van der Waals surface area (Å²) in [4.78, 5) is 12.4. The van der Waals surface area contributed by atoms with Gasteiger partial charge in [0.15, 0.2) is 0 Å². The van der Waals surface area contributed by atoms with E-state index in [-0.39, 0.29) is 12.5 Å². The van der Waals surface area contributed by atoms with E-state index in [2.05, 4.69) is 31.3 Å². The standard InChI is InChI=1S/C43H85NO4/c1-3-5-7-9-11-13-15-17-19-21-22-24-26-28-30-32-34-36-38-42(47)44-40(39-45)43(48)41(46)37-35-33-31-29-27-25-23-20-18-16-14-12-10-8-6-4-2/h29,31,40-41,43,45-46,48H,3-28,30,32-39H2,1-2H3,(H,44,47)/b31-29+. The molecule has 3 unspecified atom stereocenters. The lowest BCUT2D eigenvalue weighted by atomic mass is 10.0. The normalized spacial score (nSPS) is 13.7. The van der Waals surface area contributed by atoms with Crippen LogP contribution in [-0.4, -0.2) is 46.1 Å². The molecule has 3 atom stereocenters. The van der Waals surface area contributed by atoms with Gasteiger partial charge in [-0.2, -0.15) is 0 Å². The molecule has 0 aliphatic rings. The zero-order valence-electron chi connectivity index (χ0n) is 32.4. The van der Waals surface area contributed by atoms with Crippen molar-refractivity contribution in [2.24, 2.45) is 0 Å². The van der Waals surface area contributed by atoms with E-state index in [9.17, 15) is 20.1 Å². The maximum Gasteiger partial charge on any atom is 0.220 e. The van der Waals surface area contributed by atoms with E-state index in [1.807, 2.05) is 0 Å². The van der Waals surface area contributed by atoms with Gasteiger partial charge in [0, 0.05) is 6.42 Å². The Morgan fingerprint density at radius 3 is 1.21 bits per heavy atom. The third-order valence-corrected chi connectivity index (χ3v) is 10.1. The van der Waals surface area contributed by atoms with Crippen molar-refractivity contribution < 1.29 is 20.1 Å². The highest BCUT2D eigenvalue weighted by molar-refractivity contribution is 5.76. The van der Waals surface area contributed by atoms with Gasteiger partial charge in [-0.25, -0.2) is 0 Å². The van der Waals surface area contributed by atoms with Gasteiger partial charge in [0.1, 0.15) is 6.10 Å². The predicted octanol–water partition coefficient (Wildman–Crippen LogP) is 12.0. The fourth-order valence-electron chi connectivity index (χ4n) is 6.75. The molecule has 0 heterocycles. The van der Waals surface area contributed by atoms with E-state index >= 15 is 0 Å². The van der Waals surface area contributed by atoms with Crippen LogP contribution in [0.4, 0.5) is 0 Å². The van der Waals surface area contributed by atoms with Gasteiger partial charge in [-0.15, -0.1) is 0 Å². The fraction of sp³-hybridized carbons (Fsp3) is 0.930. The Morgan fingerprint density at radius 1 is 0.500 bits per heavy atom. The van der Waals surface area contributed by atoms with Crippen molar-refractivity contribution in [3.05, 3.63) is 12.2 Å². The number of aliphatic hydroxyl groups is 3. The van der Waals surface area contributed by atoms with Crippen molar-refractivity contribution in [3.8, 4) is 0 Å². The van der Waals surface area contributed by atoms with Crippen LogP contribution >= 0.6 is 0 Å². The minimum Gasteiger partial charge on any atom is -0.394 e. The van der Waals surface area contributed by atoms with Gasteiger partial charge >= 0.3 is 0 Å². The second kappa shape index (κ2) is 38.9. The average Bonchev–Trinajstić information content (AvgIpc) is 3.09. The molecule has 0 rings (SSSR count). The van der Waals surface area contributed by atoms with Crippen LogP contribution in [0, 0.1) is 0 Å². The molecule has 0 fully saturated rings. The molecular formula is C43H85NO4. The molecule has 4 N–H and O–H groups in total. The first-order chi connectivity index (χ1) is 23.6. The van der Waals surface area contributed by atoms with Gasteiger partial charge in [-0.3, -0.25) is 4.79 Å². The van der Waals surface area contributed by atoms with Crippen molar-refractivity contribution >= 4 is 5.91 Å². The first-order valence-corrected chi connectivity index (χ1v) is 21.5. The Morgan fingerprint density at radius 2 is 0.833 bits per heavy atom. The number of rotatable bonds is 39. The highest BCUT2D eigenvalue weighted by atomic mass is 16.3. The second-order valence-corrected chi connectivity index (χ2v) is 14.9. The van der Waals surface area contributed by atoms with E-state index in [4.69, 9.17) is 0 Å². The summed E-state index contributed by atoms with van der Waals surface area (Å²) in [5.74, 6) is -0.151. The molecule has 0 radical (unpaired) electrons. The zero-order valence-corrected chi connectivity index (χ0v) is 32.4. The van der Waals surface area contributed by atoms with Crippen LogP contribution in [0.1, 0.15) is 232 Å². The number of carbonyl (C=O) groups excluding carboxylic acids is 1. The van der Waals surface area contributed by atoms with Gasteiger partial charge < -0.3 is 20.6 Å². The Hall–Kier alpha value is -0.910. The molecule has 0 aliphatic heterocycles. The molecule has 0 bridgehead atoms. The second-order valence-electron chi connectivity index (χ2n) is 14.9. The summed E-state index contributed by atoms with van der Waals surface area (Å²) in [6.45, 7) is 4.18. The number of nitrogens with one attached hydrogen (secondary N) is 1. The lowest BCUT2D eigenvalue weighted by Crippen LogP contribution is -2.50. The lowest BCUT2D eigenvalue weighted by molar-refractivity contribution is -0.124. The monoisotopic (exact) mass is 680 g/mol. The third-order valence-electron chi connectivity index (χ3n) is 10.1. The molecule has 286 valence electrons. The van der Waals surface area contributed by atoms with Crippen LogP contribution in [0.25, 0.3) is 0 Å². The predicted molar refractivity (Wildman–Crippen MR) is 208 cm³/mol. The van der Waals surface area contributed by atoms with E-state index in [0.717, 1.165) is 38.5 Å². The first kappa shape index (κ1) is 47.1. The minimum absolute atomic E-state index is 0.151. The Bertz CT molecular complexity index is 669. The number of unbranched alkanes of at least 4 members (excludes halogenated alkanes) is 29. The Balaban J connectivity index is 3.64. The van der Waals surface area contributed by atoms with Gasteiger partial charge in [0.05, 0.1) is 18.8 Å². The highest BCUT2D eigenvalue weighted by Crippen LogP contribution is 2.16. The maximum atomic E-state index is 12.4. The van der Waals surface area contributed by atoms with Crippen molar-refractivity contribution in [2.45, 2.75) is 250 Å². The van der Waals surface area contributed by atoms with Crippen LogP contribution < -0.4 is 5.32 Å². The molecule has 48 heavy (non-hydrogen) atoms. The molecule has 1 amide bonds. The van der Waals surface area contributed by atoms with E-state index in [1.165, 1.54) is 167 Å². The van der Waals surface area contributed by atoms with Crippen LogP contribution in [0.2, 0.25) is 0 Å². The summed E-state index contributed by atoms with van der Waals surface area (Å²) in [7, 11) is 0. The van der Waals surface area contributed by atoms with Crippen molar-refractivity contribution in [1.29, 1.82) is 0 Å². The number of allylic oxidation sites excluding steroid dienone is 2.